The summed E-state index contributed by atoms with van der Waals surface area (Å²) in [6.07, 6.45) is 10.8. The highest BCUT2D eigenvalue weighted by Crippen LogP contribution is 2.63. The first-order chi connectivity index (χ1) is 11.9. The molecule has 1 heterocycles. The third kappa shape index (κ3) is 2.29. The van der Waals surface area contributed by atoms with E-state index >= 15 is 0 Å². The van der Waals surface area contributed by atoms with Crippen LogP contribution < -0.4 is 10.6 Å². The summed E-state index contributed by atoms with van der Waals surface area (Å²) in [5.41, 5.74) is 1.37. The molecule has 1 aliphatic heterocycles. The van der Waals surface area contributed by atoms with Crippen LogP contribution in [-0.2, 0) is 4.79 Å². The Balaban J connectivity index is 1.47. The second-order valence-corrected chi connectivity index (χ2v) is 9.94. The molecule has 3 saturated carbocycles. The molecule has 3 N–H and O–H groups in total. The molecule has 0 spiro atoms. The van der Waals surface area contributed by atoms with E-state index in [0.29, 0.717) is 35.6 Å². The maximum atomic E-state index is 11.9. The van der Waals surface area contributed by atoms with Gasteiger partial charge in [-0.15, -0.1) is 0 Å². The highest BCUT2D eigenvalue weighted by Gasteiger charge is 2.61. The number of rotatable bonds is 2. The van der Waals surface area contributed by atoms with E-state index in [1.54, 1.807) is 0 Å². The number of hydrogen-bond donors (Lipinski definition) is 3. The van der Waals surface area contributed by atoms with Crippen LogP contribution in [0.2, 0.25) is 0 Å². The molecule has 4 fully saturated rings. The molecule has 0 bridgehead atoms. The van der Waals surface area contributed by atoms with E-state index in [9.17, 15) is 9.90 Å². The molecule has 5 aliphatic rings. The number of carbonyl (C=O) groups is 1. The van der Waals surface area contributed by atoms with Crippen LogP contribution in [0.15, 0.2) is 11.8 Å². The molecule has 25 heavy (non-hydrogen) atoms. The Morgan fingerprint density at radius 3 is 2.68 bits per heavy atom. The van der Waals surface area contributed by atoms with Crippen molar-refractivity contribution in [3.8, 4) is 0 Å². The van der Waals surface area contributed by atoms with Gasteiger partial charge in [-0.2, -0.15) is 0 Å². The Bertz CT molecular complexity index is 627. The summed E-state index contributed by atoms with van der Waals surface area (Å²) in [6.45, 7) is 4.82. The van der Waals surface area contributed by atoms with Gasteiger partial charge in [0.05, 0.1) is 6.10 Å². The van der Waals surface area contributed by atoms with Crippen LogP contribution in [0, 0.1) is 28.6 Å². The second kappa shape index (κ2) is 5.32. The number of fused-ring (bicyclic) bond motifs is 5. The molecule has 4 nitrogen and oxygen atoms in total. The average molecular weight is 344 g/mol. The van der Waals surface area contributed by atoms with Crippen molar-refractivity contribution in [2.75, 3.05) is 0 Å². The molecule has 4 aliphatic carbocycles. The first-order valence-electron chi connectivity index (χ1n) is 10.4. The number of carbonyl (C=O) groups excluding carboxylic acids is 1. The van der Waals surface area contributed by atoms with Crippen LogP contribution in [0.3, 0.4) is 0 Å². The normalized spacial score (nSPS) is 51.9. The Morgan fingerprint density at radius 2 is 1.92 bits per heavy atom. The fourth-order valence-electron chi connectivity index (χ4n) is 6.99. The fraction of sp³-hybridized carbons (Fsp3) is 0.857. The lowest BCUT2D eigenvalue weighted by molar-refractivity contribution is -0.127. The van der Waals surface area contributed by atoms with Gasteiger partial charge in [0.2, 0.25) is 5.91 Å². The maximum Gasteiger partial charge on any atom is 0.224 e. The first-order valence-corrected chi connectivity index (χ1v) is 10.4. The van der Waals surface area contributed by atoms with Gasteiger partial charge in [0, 0.05) is 29.6 Å². The molecule has 4 heteroatoms. The molecule has 5 rings (SSSR count). The number of piperidine rings is 1. The Kier molecular flexibility index (Phi) is 3.47. The van der Waals surface area contributed by atoms with Gasteiger partial charge in [0.15, 0.2) is 0 Å². The minimum absolute atomic E-state index is 0.0428. The number of aliphatic hydroxyl groups excluding tert-OH is 1. The zero-order valence-electron chi connectivity index (χ0n) is 15.6. The van der Waals surface area contributed by atoms with Crippen LogP contribution in [0.1, 0.15) is 65.2 Å². The predicted octanol–water partition coefficient (Wildman–Crippen LogP) is 2.72. The van der Waals surface area contributed by atoms with Crippen LogP contribution in [0.4, 0.5) is 0 Å². The Hall–Kier alpha value is -0.870. The third-order valence-corrected chi connectivity index (χ3v) is 8.66. The van der Waals surface area contributed by atoms with Crippen molar-refractivity contribution >= 4 is 5.91 Å². The SMILES string of the molecule is C[C@]12CC[C@H]3[C@@H]([C@@H](O)C=C4NC(=O)CC[C@@]43C)[C@@H]1CC[C@@H]2NC1CC1. The molecule has 138 valence electrons. The summed E-state index contributed by atoms with van der Waals surface area (Å²) in [5.74, 6) is 1.57. The van der Waals surface area contributed by atoms with E-state index in [1.165, 1.54) is 38.5 Å². The van der Waals surface area contributed by atoms with Gasteiger partial charge in [0.25, 0.3) is 0 Å². The number of nitrogens with one attached hydrogen (secondary N) is 2. The minimum Gasteiger partial charge on any atom is -0.389 e. The third-order valence-electron chi connectivity index (χ3n) is 8.66. The summed E-state index contributed by atoms with van der Waals surface area (Å²) in [7, 11) is 0. The molecule has 1 saturated heterocycles. The van der Waals surface area contributed by atoms with Crippen LogP contribution >= 0.6 is 0 Å². The van der Waals surface area contributed by atoms with Gasteiger partial charge in [-0.1, -0.05) is 13.8 Å². The largest absolute Gasteiger partial charge is 0.389 e. The van der Waals surface area contributed by atoms with Gasteiger partial charge in [-0.3, -0.25) is 4.79 Å². The lowest BCUT2D eigenvalue weighted by Crippen LogP contribution is -2.58. The van der Waals surface area contributed by atoms with Crippen molar-refractivity contribution in [1.29, 1.82) is 0 Å². The topological polar surface area (TPSA) is 61.4 Å². The van der Waals surface area contributed by atoms with E-state index in [2.05, 4.69) is 24.5 Å². The van der Waals surface area contributed by atoms with Crippen molar-refractivity contribution in [3.05, 3.63) is 11.8 Å². The lowest BCUT2D eigenvalue weighted by atomic mass is 9.49. The average Bonchev–Trinajstić information content (AvgIpc) is 3.32. The summed E-state index contributed by atoms with van der Waals surface area (Å²) in [6, 6.07) is 1.38. The molecule has 0 radical (unpaired) electrons. The van der Waals surface area contributed by atoms with Gasteiger partial charge in [0.1, 0.15) is 0 Å². The van der Waals surface area contributed by atoms with Gasteiger partial charge in [-0.25, -0.2) is 0 Å². The van der Waals surface area contributed by atoms with E-state index in [1.807, 2.05) is 6.08 Å². The summed E-state index contributed by atoms with van der Waals surface area (Å²) < 4.78 is 0. The molecular formula is C21H32N2O2. The second-order valence-electron chi connectivity index (χ2n) is 9.94. The monoisotopic (exact) mass is 344 g/mol. The number of amides is 1. The van der Waals surface area contributed by atoms with E-state index in [0.717, 1.165) is 18.2 Å². The van der Waals surface area contributed by atoms with Gasteiger partial charge in [-0.05, 0) is 74.2 Å². The first kappa shape index (κ1) is 16.3. The molecule has 0 aromatic heterocycles. The lowest BCUT2D eigenvalue weighted by Gasteiger charge is -2.58. The molecule has 0 aromatic carbocycles. The number of aliphatic hydroxyl groups is 1. The Morgan fingerprint density at radius 1 is 1.12 bits per heavy atom. The molecule has 7 atom stereocenters. The Labute approximate surface area is 150 Å². The van der Waals surface area contributed by atoms with Crippen LogP contribution in [0.25, 0.3) is 0 Å². The van der Waals surface area contributed by atoms with Crippen LogP contribution in [-0.4, -0.2) is 29.2 Å². The number of allylic oxidation sites excluding steroid dienone is 1. The summed E-state index contributed by atoms with van der Waals surface area (Å²) in [4.78, 5) is 11.9. The smallest absolute Gasteiger partial charge is 0.224 e. The molecule has 0 unspecified atom stereocenters. The maximum absolute atomic E-state index is 11.9. The van der Waals surface area contributed by atoms with Gasteiger partial charge >= 0.3 is 0 Å². The van der Waals surface area contributed by atoms with Gasteiger partial charge < -0.3 is 15.7 Å². The van der Waals surface area contributed by atoms with Crippen molar-refractivity contribution in [2.24, 2.45) is 28.6 Å². The van der Waals surface area contributed by atoms with E-state index in [4.69, 9.17) is 0 Å². The predicted molar refractivity (Wildman–Crippen MR) is 96.6 cm³/mol. The van der Waals surface area contributed by atoms with E-state index in [-0.39, 0.29) is 11.3 Å². The number of hydrogen-bond acceptors (Lipinski definition) is 3. The molecular weight excluding hydrogens is 312 g/mol. The van der Waals surface area contributed by atoms with Crippen molar-refractivity contribution in [2.45, 2.75) is 83.4 Å². The summed E-state index contributed by atoms with van der Waals surface area (Å²) >= 11 is 0. The highest BCUT2D eigenvalue weighted by molar-refractivity contribution is 5.79. The zero-order chi connectivity index (χ0) is 17.4. The highest BCUT2D eigenvalue weighted by atomic mass is 16.3. The minimum atomic E-state index is -0.407. The summed E-state index contributed by atoms with van der Waals surface area (Å²) in [5, 5.41) is 18.0. The van der Waals surface area contributed by atoms with Crippen molar-refractivity contribution < 1.29 is 9.90 Å². The van der Waals surface area contributed by atoms with Crippen molar-refractivity contribution in [3.63, 3.8) is 0 Å². The quantitative estimate of drug-likeness (QED) is 0.722. The fourth-order valence-corrected chi connectivity index (χ4v) is 6.99. The standard InChI is InChI=1S/C21H32N2O2/c1-20-9-7-14-19(13(20)5-6-16(20)22-12-3-4-12)15(24)11-17-21(14,2)10-8-18(25)23-17/h11-16,19,22,24H,3-10H2,1-2H3,(H,23,25)/t13-,14-,15-,16-,19-,20-,21+/m0/s1. The van der Waals surface area contributed by atoms with Crippen molar-refractivity contribution in [1.82, 2.24) is 10.6 Å². The van der Waals surface area contributed by atoms with Crippen LogP contribution in [0.5, 0.6) is 0 Å². The van der Waals surface area contributed by atoms with E-state index < -0.39 is 6.10 Å². The molecule has 0 aromatic rings. The molecule has 1 amide bonds. The zero-order valence-corrected chi connectivity index (χ0v) is 15.6.